The van der Waals surface area contributed by atoms with E-state index >= 15 is 0 Å². The number of aliphatic carboxylic acids is 1. The number of nitrogens with zero attached hydrogens (tertiary/aromatic N) is 4. The van der Waals surface area contributed by atoms with Gasteiger partial charge in [-0.1, -0.05) is 24.3 Å². The molecule has 0 fully saturated rings. The molecule has 0 unspecified atom stereocenters. The zero-order valence-electron chi connectivity index (χ0n) is 15.4. The summed E-state index contributed by atoms with van der Waals surface area (Å²) in [5, 5.41) is 20.1. The van der Waals surface area contributed by atoms with Gasteiger partial charge in [-0.2, -0.15) is 10.2 Å². The number of hydrogen-bond acceptors (Lipinski definition) is 4. The fraction of sp³-hybridized carbons (Fsp3) is 0.263. The summed E-state index contributed by atoms with van der Waals surface area (Å²) in [6.07, 6.45) is 2.76. The molecule has 8 heteroatoms. The van der Waals surface area contributed by atoms with E-state index in [1.54, 1.807) is 0 Å². The highest BCUT2D eigenvalue weighted by Gasteiger charge is 2.17. The van der Waals surface area contributed by atoms with Crippen LogP contribution in [-0.2, 0) is 17.9 Å². The number of benzene rings is 1. The largest absolute Gasteiger partial charge is 0.480 e. The Kier molecular flexibility index (Phi) is 5.07. The van der Waals surface area contributed by atoms with Crippen LogP contribution in [0.2, 0.25) is 0 Å². The Morgan fingerprint density at radius 2 is 1.93 bits per heavy atom. The van der Waals surface area contributed by atoms with Crippen LogP contribution in [0.3, 0.4) is 0 Å². The summed E-state index contributed by atoms with van der Waals surface area (Å²) >= 11 is 0. The number of anilines is 1. The van der Waals surface area contributed by atoms with E-state index in [9.17, 15) is 9.59 Å². The topological polar surface area (TPSA) is 102 Å². The first-order chi connectivity index (χ1) is 12.8. The van der Waals surface area contributed by atoms with E-state index in [2.05, 4.69) is 34.6 Å². The molecule has 1 aromatic carbocycles. The van der Waals surface area contributed by atoms with Gasteiger partial charge in [-0.25, -0.2) is 0 Å². The Morgan fingerprint density at radius 3 is 2.63 bits per heavy atom. The maximum Gasteiger partial charge on any atom is 0.325 e. The van der Waals surface area contributed by atoms with Gasteiger partial charge >= 0.3 is 5.97 Å². The third-order valence-electron chi connectivity index (χ3n) is 4.39. The minimum atomic E-state index is -1.02. The van der Waals surface area contributed by atoms with Crippen molar-refractivity contribution in [1.29, 1.82) is 0 Å². The number of nitrogens with one attached hydrogen (secondary N) is 1. The van der Waals surface area contributed by atoms with Gasteiger partial charge in [0.25, 0.3) is 5.91 Å². The number of aromatic nitrogens is 4. The molecular formula is C19H21N5O3. The van der Waals surface area contributed by atoms with E-state index in [4.69, 9.17) is 5.11 Å². The van der Waals surface area contributed by atoms with Crippen molar-refractivity contribution >= 4 is 17.6 Å². The number of aryl methyl sites for hydroxylation is 2. The lowest BCUT2D eigenvalue weighted by molar-refractivity contribution is -0.137. The van der Waals surface area contributed by atoms with E-state index in [0.717, 1.165) is 11.3 Å². The molecule has 0 atom stereocenters. The van der Waals surface area contributed by atoms with Gasteiger partial charge in [-0.05, 0) is 31.9 Å². The fourth-order valence-electron chi connectivity index (χ4n) is 2.87. The summed E-state index contributed by atoms with van der Waals surface area (Å²) in [4.78, 5) is 23.2. The molecule has 0 bridgehead atoms. The van der Waals surface area contributed by atoms with Crippen molar-refractivity contribution < 1.29 is 14.7 Å². The Bertz CT molecular complexity index is 1000. The molecule has 0 aliphatic rings. The van der Waals surface area contributed by atoms with Crippen molar-refractivity contribution in [1.82, 2.24) is 19.6 Å². The first-order valence-corrected chi connectivity index (χ1v) is 8.49. The van der Waals surface area contributed by atoms with Crippen LogP contribution in [0.25, 0.3) is 0 Å². The van der Waals surface area contributed by atoms with Gasteiger partial charge in [0.1, 0.15) is 6.54 Å². The minimum Gasteiger partial charge on any atom is -0.480 e. The quantitative estimate of drug-likeness (QED) is 0.696. The highest BCUT2D eigenvalue weighted by molar-refractivity contribution is 6.04. The molecule has 0 saturated carbocycles. The van der Waals surface area contributed by atoms with Crippen LogP contribution in [0, 0.1) is 20.8 Å². The molecule has 3 rings (SSSR count). The third kappa shape index (κ3) is 4.05. The summed E-state index contributed by atoms with van der Waals surface area (Å²) < 4.78 is 3.07. The second kappa shape index (κ2) is 7.45. The predicted molar refractivity (Wildman–Crippen MR) is 99.8 cm³/mol. The van der Waals surface area contributed by atoms with Crippen LogP contribution in [0.4, 0.5) is 5.69 Å². The second-order valence-electron chi connectivity index (χ2n) is 6.40. The predicted octanol–water partition coefficient (Wildman–Crippen LogP) is 2.39. The van der Waals surface area contributed by atoms with E-state index in [1.165, 1.54) is 22.6 Å². The Balaban J connectivity index is 1.78. The van der Waals surface area contributed by atoms with Gasteiger partial charge in [0.05, 0.1) is 35.4 Å². The van der Waals surface area contributed by atoms with E-state index in [1.807, 2.05) is 30.7 Å². The van der Waals surface area contributed by atoms with Crippen LogP contribution in [0.1, 0.15) is 32.9 Å². The number of carbonyl (C=O) groups excluding carboxylic acids is 1. The van der Waals surface area contributed by atoms with Gasteiger partial charge in [-0.3, -0.25) is 19.0 Å². The minimum absolute atomic E-state index is 0.292. The number of carboxylic acids is 1. The Labute approximate surface area is 156 Å². The summed E-state index contributed by atoms with van der Waals surface area (Å²) in [5.41, 5.74) is 4.85. The number of hydrogen-bond donors (Lipinski definition) is 2. The molecule has 0 spiro atoms. The Morgan fingerprint density at radius 1 is 1.19 bits per heavy atom. The SMILES string of the molecule is Cc1ccccc1Cn1nc(C)c(NC(=O)c2cnn(CC(=O)O)c2)c1C. The van der Waals surface area contributed by atoms with Crippen LogP contribution in [0.5, 0.6) is 0 Å². The van der Waals surface area contributed by atoms with Gasteiger partial charge in [0, 0.05) is 6.20 Å². The molecule has 2 aromatic heterocycles. The Hall–Kier alpha value is -3.42. The molecule has 1 amide bonds. The van der Waals surface area contributed by atoms with E-state index in [0.29, 0.717) is 23.5 Å². The highest BCUT2D eigenvalue weighted by atomic mass is 16.4. The molecule has 8 nitrogen and oxygen atoms in total. The third-order valence-corrected chi connectivity index (χ3v) is 4.39. The summed E-state index contributed by atoms with van der Waals surface area (Å²) in [6.45, 7) is 6.12. The average molecular weight is 367 g/mol. The van der Waals surface area contributed by atoms with Crippen LogP contribution in [-0.4, -0.2) is 36.5 Å². The molecule has 2 N–H and O–H groups in total. The molecule has 3 aromatic rings. The maximum absolute atomic E-state index is 12.5. The summed E-state index contributed by atoms with van der Waals surface area (Å²) in [5.74, 6) is -1.37. The van der Waals surface area contributed by atoms with E-state index < -0.39 is 5.97 Å². The van der Waals surface area contributed by atoms with Crippen molar-refractivity contribution in [3.05, 3.63) is 64.7 Å². The number of amides is 1. The van der Waals surface area contributed by atoms with Gasteiger partial charge in [0.2, 0.25) is 0 Å². The number of carbonyl (C=O) groups is 2. The highest BCUT2D eigenvalue weighted by Crippen LogP contribution is 2.22. The standard InChI is InChI=1S/C19H21N5O3/c1-12-6-4-5-7-15(12)10-24-14(3)18(13(2)22-24)21-19(27)16-8-20-23(9-16)11-17(25)26/h4-9H,10-11H2,1-3H3,(H,21,27)(H,25,26). The smallest absolute Gasteiger partial charge is 0.325 e. The van der Waals surface area contributed by atoms with Crippen molar-refractivity contribution in [3.8, 4) is 0 Å². The molecule has 0 saturated heterocycles. The molecule has 2 heterocycles. The molecule has 0 aliphatic heterocycles. The normalized spacial score (nSPS) is 10.8. The van der Waals surface area contributed by atoms with Crippen molar-refractivity contribution in [2.75, 3.05) is 5.32 Å². The lowest BCUT2D eigenvalue weighted by Crippen LogP contribution is -2.13. The van der Waals surface area contributed by atoms with Crippen LogP contribution >= 0.6 is 0 Å². The summed E-state index contributed by atoms with van der Waals surface area (Å²) in [7, 11) is 0. The molecule has 0 radical (unpaired) electrons. The van der Waals surface area contributed by atoms with Crippen molar-refractivity contribution in [3.63, 3.8) is 0 Å². The molecular weight excluding hydrogens is 346 g/mol. The lowest BCUT2D eigenvalue weighted by Gasteiger charge is -2.08. The first-order valence-electron chi connectivity index (χ1n) is 8.49. The molecule has 140 valence electrons. The van der Waals surface area contributed by atoms with Gasteiger partial charge < -0.3 is 10.4 Å². The van der Waals surface area contributed by atoms with Gasteiger partial charge in [0.15, 0.2) is 0 Å². The lowest BCUT2D eigenvalue weighted by atomic mass is 10.1. The van der Waals surface area contributed by atoms with E-state index in [-0.39, 0.29) is 12.5 Å². The first kappa shape index (κ1) is 18.4. The van der Waals surface area contributed by atoms with Crippen molar-refractivity contribution in [2.24, 2.45) is 0 Å². The number of rotatable bonds is 6. The zero-order chi connectivity index (χ0) is 19.6. The molecule has 27 heavy (non-hydrogen) atoms. The summed E-state index contributed by atoms with van der Waals surface area (Å²) in [6, 6.07) is 8.10. The van der Waals surface area contributed by atoms with Crippen LogP contribution < -0.4 is 5.32 Å². The molecule has 0 aliphatic carbocycles. The van der Waals surface area contributed by atoms with Crippen LogP contribution in [0.15, 0.2) is 36.7 Å². The van der Waals surface area contributed by atoms with Gasteiger partial charge in [-0.15, -0.1) is 0 Å². The second-order valence-corrected chi connectivity index (χ2v) is 6.40. The average Bonchev–Trinajstić information content (AvgIpc) is 3.17. The zero-order valence-corrected chi connectivity index (χ0v) is 15.4. The maximum atomic E-state index is 12.5. The monoisotopic (exact) mass is 367 g/mol. The van der Waals surface area contributed by atoms with Crippen molar-refractivity contribution in [2.45, 2.75) is 33.9 Å². The number of carboxylic acid groups (broad SMARTS) is 1. The fourth-order valence-corrected chi connectivity index (χ4v) is 2.87.